The molecule has 1 unspecified atom stereocenters. The Hall–Kier alpha value is -2.63. The van der Waals surface area contributed by atoms with Crippen molar-refractivity contribution in [1.82, 2.24) is 0 Å². The van der Waals surface area contributed by atoms with E-state index in [2.05, 4.69) is 69.4 Å². The lowest BCUT2D eigenvalue weighted by molar-refractivity contribution is -0.167. The molecule has 0 fully saturated rings. The van der Waals surface area contributed by atoms with E-state index in [1.54, 1.807) is 0 Å². The van der Waals surface area contributed by atoms with Gasteiger partial charge in [-0.3, -0.25) is 14.4 Å². The van der Waals surface area contributed by atoms with E-state index in [4.69, 9.17) is 14.2 Å². The van der Waals surface area contributed by atoms with Crippen LogP contribution in [0.25, 0.3) is 0 Å². The molecule has 0 aliphatic rings. The Morgan fingerprint density at radius 1 is 0.309 bits per heavy atom. The van der Waals surface area contributed by atoms with Gasteiger partial charge < -0.3 is 14.2 Å². The molecular weight excluding hydrogens is 841 g/mol. The van der Waals surface area contributed by atoms with Crippen LogP contribution in [0.15, 0.2) is 48.6 Å². The molecule has 68 heavy (non-hydrogen) atoms. The van der Waals surface area contributed by atoms with Crippen LogP contribution in [-0.2, 0) is 28.6 Å². The molecule has 0 amide bonds. The van der Waals surface area contributed by atoms with E-state index in [1.165, 1.54) is 186 Å². The third kappa shape index (κ3) is 54.3. The molecule has 6 heteroatoms. The molecule has 0 aliphatic heterocycles. The molecule has 0 spiro atoms. The highest BCUT2D eigenvalue weighted by Crippen LogP contribution is 2.17. The predicted molar refractivity (Wildman–Crippen MR) is 293 cm³/mol. The van der Waals surface area contributed by atoms with Gasteiger partial charge >= 0.3 is 17.9 Å². The smallest absolute Gasteiger partial charge is 0.306 e. The van der Waals surface area contributed by atoms with Gasteiger partial charge in [0, 0.05) is 19.3 Å². The van der Waals surface area contributed by atoms with E-state index in [0.717, 1.165) is 83.5 Å². The second-order valence-corrected chi connectivity index (χ2v) is 19.9. The third-order valence-corrected chi connectivity index (χ3v) is 13.1. The summed E-state index contributed by atoms with van der Waals surface area (Å²) in [5.74, 6) is -0.869. The van der Waals surface area contributed by atoms with Crippen molar-refractivity contribution in [3.8, 4) is 0 Å². The molecule has 6 nitrogen and oxygen atoms in total. The minimum absolute atomic E-state index is 0.0711. The van der Waals surface area contributed by atoms with Gasteiger partial charge in [0.25, 0.3) is 0 Å². The Morgan fingerprint density at radius 2 is 0.574 bits per heavy atom. The van der Waals surface area contributed by atoms with Crippen LogP contribution in [0.1, 0.15) is 310 Å². The van der Waals surface area contributed by atoms with Gasteiger partial charge in [0.15, 0.2) is 6.10 Å². The third-order valence-electron chi connectivity index (χ3n) is 13.1. The van der Waals surface area contributed by atoms with Crippen molar-refractivity contribution in [2.75, 3.05) is 13.2 Å². The van der Waals surface area contributed by atoms with Gasteiger partial charge in [-0.15, -0.1) is 0 Å². The van der Waals surface area contributed by atoms with Gasteiger partial charge in [-0.25, -0.2) is 0 Å². The fourth-order valence-electron chi connectivity index (χ4n) is 8.67. The quantitative estimate of drug-likeness (QED) is 0.0262. The number of carbonyl (C=O) groups is 3. The van der Waals surface area contributed by atoms with Gasteiger partial charge in [-0.2, -0.15) is 0 Å². The Balaban J connectivity index is 4.10. The zero-order valence-electron chi connectivity index (χ0n) is 45.4. The Bertz CT molecular complexity index is 1190. The van der Waals surface area contributed by atoms with Crippen LogP contribution in [-0.4, -0.2) is 37.2 Å². The number of hydrogen-bond acceptors (Lipinski definition) is 6. The molecule has 0 aromatic heterocycles. The Morgan fingerprint density at radius 3 is 0.897 bits per heavy atom. The van der Waals surface area contributed by atoms with Crippen LogP contribution in [0.3, 0.4) is 0 Å². The highest BCUT2D eigenvalue weighted by atomic mass is 16.6. The number of esters is 3. The van der Waals surface area contributed by atoms with Crippen LogP contribution in [0.4, 0.5) is 0 Å². The van der Waals surface area contributed by atoms with Gasteiger partial charge in [0.05, 0.1) is 0 Å². The lowest BCUT2D eigenvalue weighted by atomic mass is 10.0. The summed E-state index contributed by atoms with van der Waals surface area (Å²) in [5.41, 5.74) is 0. The van der Waals surface area contributed by atoms with E-state index < -0.39 is 6.10 Å². The molecule has 0 saturated heterocycles. The number of hydrogen-bond donors (Lipinski definition) is 0. The predicted octanol–water partition coefficient (Wildman–Crippen LogP) is 19.8. The van der Waals surface area contributed by atoms with Crippen LogP contribution in [0.2, 0.25) is 0 Å². The second-order valence-electron chi connectivity index (χ2n) is 19.9. The lowest BCUT2D eigenvalue weighted by Gasteiger charge is -2.18. The monoisotopic (exact) mass is 953 g/mol. The SMILES string of the molecule is CC/C=C\C/C=C\C/C=C\C/C=C\CCCCCCCCCCCCC(=O)OCC(COC(=O)CCCCCCCC)OC(=O)CCCCCCCCCCCCCCCCCCCCCCC. The summed E-state index contributed by atoms with van der Waals surface area (Å²) < 4.78 is 16.8. The van der Waals surface area contributed by atoms with Crippen molar-refractivity contribution in [3.05, 3.63) is 48.6 Å². The van der Waals surface area contributed by atoms with Gasteiger partial charge in [0.2, 0.25) is 0 Å². The molecule has 396 valence electrons. The summed E-state index contributed by atoms with van der Waals surface area (Å²) in [7, 11) is 0. The van der Waals surface area contributed by atoms with E-state index >= 15 is 0 Å². The number of rotatable bonds is 54. The fourth-order valence-corrected chi connectivity index (χ4v) is 8.67. The summed E-state index contributed by atoms with van der Waals surface area (Å²) in [4.78, 5) is 37.9. The van der Waals surface area contributed by atoms with Gasteiger partial charge in [-0.05, 0) is 57.8 Å². The normalized spacial score (nSPS) is 12.3. The average molecular weight is 954 g/mol. The van der Waals surface area contributed by atoms with Crippen molar-refractivity contribution in [1.29, 1.82) is 0 Å². The minimum atomic E-state index is -0.769. The first-order valence-corrected chi connectivity index (χ1v) is 29.6. The van der Waals surface area contributed by atoms with Crippen LogP contribution >= 0.6 is 0 Å². The van der Waals surface area contributed by atoms with Crippen molar-refractivity contribution in [2.24, 2.45) is 0 Å². The summed E-state index contributed by atoms with van der Waals surface area (Å²) in [6.45, 7) is 6.51. The molecule has 0 aromatic carbocycles. The molecule has 0 saturated carbocycles. The number of ether oxygens (including phenoxy) is 3. The maximum Gasteiger partial charge on any atom is 0.306 e. The summed E-state index contributed by atoms with van der Waals surface area (Å²) >= 11 is 0. The molecule has 0 aliphatic carbocycles. The van der Waals surface area contributed by atoms with Crippen molar-refractivity contribution < 1.29 is 28.6 Å². The standard InChI is InChI=1S/C62H112O6/c1-4-7-10-13-16-18-20-22-24-26-28-30-31-33-34-36-38-40-42-44-46-49-52-55-61(64)67-58-59(57-66-60(63)54-51-48-15-12-9-6-3)68-62(65)56-53-50-47-45-43-41-39-37-35-32-29-27-25-23-21-19-17-14-11-8-5-2/h7,10,16,18,22,24,28,30,59H,4-6,8-9,11-15,17,19-21,23,25-27,29,31-58H2,1-3H3/b10-7-,18-16-,24-22-,30-28-. The Labute approximate surface area is 422 Å². The zero-order valence-corrected chi connectivity index (χ0v) is 45.4. The molecule has 0 N–H and O–H groups in total. The van der Waals surface area contributed by atoms with E-state index in [-0.39, 0.29) is 31.1 Å². The second kappa shape index (κ2) is 57.0. The molecule has 0 bridgehead atoms. The van der Waals surface area contributed by atoms with E-state index in [0.29, 0.717) is 19.3 Å². The van der Waals surface area contributed by atoms with Gasteiger partial charge in [0.1, 0.15) is 13.2 Å². The molecule has 0 radical (unpaired) electrons. The largest absolute Gasteiger partial charge is 0.462 e. The maximum atomic E-state index is 12.8. The fraction of sp³-hybridized carbons (Fsp3) is 0.823. The maximum absolute atomic E-state index is 12.8. The highest BCUT2D eigenvalue weighted by molar-refractivity contribution is 5.71. The lowest BCUT2D eigenvalue weighted by Crippen LogP contribution is -2.30. The van der Waals surface area contributed by atoms with Crippen molar-refractivity contribution in [3.63, 3.8) is 0 Å². The highest BCUT2D eigenvalue weighted by Gasteiger charge is 2.19. The van der Waals surface area contributed by atoms with Crippen molar-refractivity contribution >= 4 is 17.9 Å². The van der Waals surface area contributed by atoms with Gasteiger partial charge in [-0.1, -0.05) is 281 Å². The number of allylic oxidation sites excluding steroid dienone is 8. The molecule has 0 aromatic rings. The molecule has 0 heterocycles. The Kier molecular flexibility index (Phi) is 54.8. The number of carbonyl (C=O) groups excluding carboxylic acids is 3. The first-order valence-electron chi connectivity index (χ1n) is 29.6. The summed E-state index contributed by atoms with van der Waals surface area (Å²) in [5, 5.41) is 0. The molecule has 1 atom stereocenters. The average Bonchev–Trinajstić information content (AvgIpc) is 3.34. The van der Waals surface area contributed by atoms with Crippen LogP contribution in [0.5, 0.6) is 0 Å². The summed E-state index contributed by atoms with van der Waals surface area (Å²) in [6, 6.07) is 0. The minimum Gasteiger partial charge on any atom is -0.462 e. The topological polar surface area (TPSA) is 78.9 Å². The van der Waals surface area contributed by atoms with Crippen molar-refractivity contribution in [2.45, 2.75) is 316 Å². The first-order chi connectivity index (χ1) is 33.5. The number of unbranched alkanes of at least 4 members (excludes halogenated alkanes) is 35. The molecule has 0 rings (SSSR count). The summed E-state index contributed by atoms with van der Waals surface area (Å²) in [6.07, 6.45) is 70.0. The zero-order chi connectivity index (χ0) is 49.3. The van der Waals surface area contributed by atoms with E-state index in [9.17, 15) is 14.4 Å². The first kappa shape index (κ1) is 65.4. The van der Waals surface area contributed by atoms with Crippen LogP contribution < -0.4 is 0 Å². The van der Waals surface area contributed by atoms with Crippen LogP contribution in [0, 0.1) is 0 Å². The molecular formula is C62H112O6. The van der Waals surface area contributed by atoms with E-state index in [1.807, 2.05) is 0 Å².